The molecule has 0 saturated carbocycles. The molecule has 0 aromatic carbocycles. The zero-order chi connectivity index (χ0) is 17.8. The second kappa shape index (κ2) is 11.9. The number of rotatable bonds is 13. The molecule has 0 bridgehead atoms. The number of hydrogen-bond acceptors (Lipinski definition) is 2. The van der Waals surface area contributed by atoms with Crippen molar-refractivity contribution in [2.75, 3.05) is 6.54 Å². The van der Waals surface area contributed by atoms with E-state index in [2.05, 4.69) is 39.6 Å². The lowest BCUT2D eigenvalue weighted by atomic mass is 9.83. The van der Waals surface area contributed by atoms with Gasteiger partial charge in [0.25, 0.3) is 0 Å². The molecule has 1 aliphatic rings. The molecule has 0 spiro atoms. The summed E-state index contributed by atoms with van der Waals surface area (Å²) in [5.41, 5.74) is 0.415. The Morgan fingerprint density at radius 2 is 1.58 bits per heavy atom. The normalized spacial score (nSPS) is 19.2. The summed E-state index contributed by atoms with van der Waals surface area (Å²) in [6, 6.07) is 0. The molecule has 142 valence electrons. The Labute approximate surface area is 151 Å². The molecule has 0 fully saturated rings. The molecule has 0 N–H and O–H groups in total. The Balaban J connectivity index is 1.99. The fourth-order valence-electron chi connectivity index (χ4n) is 3.90. The largest absolute Gasteiger partial charge is 0.476 e. The van der Waals surface area contributed by atoms with Crippen molar-refractivity contribution >= 4 is 5.90 Å². The lowest BCUT2D eigenvalue weighted by Crippen LogP contribution is -2.20. The zero-order valence-electron chi connectivity index (χ0n) is 17.2. The monoisotopic (exact) mass is 337 g/mol. The maximum absolute atomic E-state index is 6.07. The van der Waals surface area contributed by atoms with Crippen LogP contribution in [0.5, 0.6) is 0 Å². The number of aliphatic imine (C=N–C) groups is 1. The number of ether oxygens (including phenoxy) is 1. The van der Waals surface area contributed by atoms with Gasteiger partial charge in [-0.3, -0.25) is 4.99 Å². The van der Waals surface area contributed by atoms with E-state index in [4.69, 9.17) is 4.74 Å². The summed E-state index contributed by atoms with van der Waals surface area (Å²) in [7, 11) is 0. The van der Waals surface area contributed by atoms with Crippen molar-refractivity contribution in [1.29, 1.82) is 0 Å². The standard InChI is InChI=1S/C22H43NO/c1-6-7-8-9-10-11-12-13-14-15-21-23-18-20(24-21)16-19(2)17-22(3,4)5/h19-20H,6-18H2,1-5H3. The number of unbranched alkanes of at least 4 members (excludes halogenated alkanes) is 8. The molecule has 0 aliphatic carbocycles. The van der Waals surface area contributed by atoms with Crippen LogP contribution in [-0.4, -0.2) is 18.5 Å². The van der Waals surface area contributed by atoms with Crippen LogP contribution in [0.1, 0.15) is 112 Å². The minimum Gasteiger partial charge on any atom is -0.476 e. The maximum Gasteiger partial charge on any atom is 0.183 e. The van der Waals surface area contributed by atoms with Gasteiger partial charge in [0, 0.05) is 6.42 Å². The summed E-state index contributed by atoms with van der Waals surface area (Å²) in [6.07, 6.45) is 16.2. The van der Waals surface area contributed by atoms with Crippen molar-refractivity contribution in [2.45, 2.75) is 118 Å². The first-order valence-electron chi connectivity index (χ1n) is 10.6. The highest BCUT2D eigenvalue weighted by Crippen LogP contribution is 2.28. The quantitative estimate of drug-likeness (QED) is 0.326. The van der Waals surface area contributed by atoms with Crippen LogP contribution in [0, 0.1) is 11.3 Å². The average Bonchev–Trinajstić information content (AvgIpc) is 2.91. The number of nitrogens with zero attached hydrogens (tertiary/aromatic N) is 1. The Bertz CT molecular complexity index is 342. The van der Waals surface area contributed by atoms with Gasteiger partial charge in [0.05, 0.1) is 6.54 Å². The number of hydrogen-bond donors (Lipinski definition) is 0. The highest BCUT2D eigenvalue weighted by Gasteiger charge is 2.24. The molecule has 1 rings (SSSR count). The van der Waals surface area contributed by atoms with E-state index >= 15 is 0 Å². The van der Waals surface area contributed by atoms with Crippen LogP contribution >= 0.6 is 0 Å². The fraction of sp³-hybridized carbons (Fsp3) is 0.955. The van der Waals surface area contributed by atoms with Crippen molar-refractivity contribution in [1.82, 2.24) is 0 Å². The second-order valence-corrected chi connectivity index (χ2v) is 9.16. The summed E-state index contributed by atoms with van der Waals surface area (Å²) in [4.78, 5) is 4.63. The Hall–Kier alpha value is -0.530. The minimum atomic E-state index is 0.343. The predicted molar refractivity (Wildman–Crippen MR) is 107 cm³/mol. The van der Waals surface area contributed by atoms with E-state index in [9.17, 15) is 0 Å². The van der Waals surface area contributed by atoms with E-state index in [1.807, 2.05) is 0 Å². The molecule has 1 heterocycles. The van der Waals surface area contributed by atoms with Crippen molar-refractivity contribution in [2.24, 2.45) is 16.3 Å². The zero-order valence-corrected chi connectivity index (χ0v) is 17.2. The molecule has 2 heteroatoms. The molecule has 2 nitrogen and oxygen atoms in total. The molecule has 24 heavy (non-hydrogen) atoms. The van der Waals surface area contributed by atoms with Crippen LogP contribution in [0.4, 0.5) is 0 Å². The van der Waals surface area contributed by atoms with Crippen molar-refractivity contribution in [3.05, 3.63) is 0 Å². The van der Waals surface area contributed by atoms with Crippen molar-refractivity contribution in [3.8, 4) is 0 Å². The molecule has 2 unspecified atom stereocenters. The van der Waals surface area contributed by atoms with Gasteiger partial charge >= 0.3 is 0 Å². The highest BCUT2D eigenvalue weighted by atomic mass is 16.5. The highest BCUT2D eigenvalue weighted by molar-refractivity contribution is 5.77. The SMILES string of the molecule is CCCCCCCCCCCC1=NCC(CC(C)CC(C)(C)C)O1. The molecule has 2 atom stereocenters. The minimum absolute atomic E-state index is 0.343. The second-order valence-electron chi connectivity index (χ2n) is 9.16. The van der Waals surface area contributed by atoms with E-state index in [0.29, 0.717) is 11.5 Å². The predicted octanol–water partition coefficient (Wildman–Crippen LogP) is 7.17. The van der Waals surface area contributed by atoms with Crippen LogP contribution in [0.2, 0.25) is 0 Å². The van der Waals surface area contributed by atoms with E-state index in [1.165, 1.54) is 64.2 Å². The molecule has 0 aromatic heterocycles. The molecule has 0 aromatic rings. The van der Waals surface area contributed by atoms with Gasteiger partial charge in [0.15, 0.2) is 5.90 Å². The first kappa shape index (κ1) is 21.5. The van der Waals surface area contributed by atoms with Gasteiger partial charge in [-0.15, -0.1) is 0 Å². The molecule has 0 saturated heterocycles. The molecular formula is C22H43NO. The smallest absolute Gasteiger partial charge is 0.183 e. The molecular weight excluding hydrogens is 294 g/mol. The lowest BCUT2D eigenvalue weighted by molar-refractivity contribution is 0.167. The van der Waals surface area contributed by atoms with Crippen molar-refractivity contribution in [3.63, 3.8) is 0 Å². The third-order valence-corrected chi connectivity index (χ3v) is 4.89. The van der Waals surface area contributed by atoms with Gasteiger partial charge in [-0.05, 0) is 30.6 Å². The average molecular weight is 338 g/mol. The van der Waals surface area contributed by atoms with Gasteiger partial charge < -0.3 is 4.74 Å². The van der Waals surface area contributed by atoms with Gasteiger partial charge in [-0.1, -0.05) is 86.0 Å². The summed E-state index contributed by atoms with van der Waals surface area (Å²) >= 11 is 0. The molecule has 1 aliphatic heterocycles. The summed E-state index contributed by atoms with van der Waals surface area (Å²) < 4.78 is 6.07. The Kier molecular flexibility index (Phi) is 10.7. The first-order valence-corrected chi connectivity index (χ1v) is 10.6. The maximum atomic E-state index is 6.07. The van der Waals surface area contributed by atoms with Gasteiger partial charge in [-0.25, -0.2) is 0 Å². The third-order valence-electron chi connectivity index (χ3n) is 4.89. The molecule has 0 amide bonds. The fourth-order valence-corrected chi connectivity index (χ4v) is 3.90. The first-order chi connectivity index (χ1) is 11.4. The van der Waals surface area contributed by atoms with Crippen molar-refractivity contribution < 1.29 is 4.74 Å². The van der Waals surface area contributed by atoms with Gasteiger partial charge in [-0.2, -0.15) is 0 Å². The van der Waals surface area contributed by atoms with Crippen LogP contribution in [0.15, 0.2) is 4.99 Å². The van der Waals surface area contributed by atoms with E-state index in [-0.39, 0.29) is 0 Å². The van der Waals surface area contributed by atoms with E-state index in [0.717, 1.165) is 31.2 Å². The summed E-state index contributed by atoms with van der Waals surface area (Å²) in [5.74, 6) is 1.75. The summed E-state index contributed by atoms with van der Waals surface area (Å²) in [6.45, 7) is 12.5. The van der Waals surface area contributed by atoms with E-state index < -0.39 is 0 Å². The van der Waals surface area contributed by atoms with Crippen LogP contribution < -0.4 is 0 Å². The van der Waals surface area contributed by atoms with Crippen LogP contribution in [0.3, 0.4) is 0 Å². The topological polar surface area (TPSA) is 21.6 Å². The molecule has 0 radical (unpaired) electrons. The van der Waals surface area contributed by atoms with Crippen LogP contribution in [-0.2, 0) is 4.74 Å². The summed E-state index contributed by atoms with van der Waals surface area (Å²) in [5, 5.41) is 0. The third kappa shape index (κ3) is 11.1. The van der Waals surface area contributed by atoms with Gasteiger partial charge in [0.2, 0.25) is 0 Å². The lowest BCUT2D eigenvalue weighted by Gasteiger charge is -2.24. The van der Waals surface area contributed by atoms with Gasteiger partial charge in [0.1, 0.15) is 6.10 Å². The van der Waals surface area contributed by atoms with E-state index in [1.54, 1.807) is 0 Å². The van der Waals surface area contributed by atoms with Crippen LogP contribution in [0.25, 0.3) is 0 Å². The Morgan fingerprint density at radius 3 is 2.17 bits per heavy atom. The Morgan fingerprint density at radius 1 is 1.00 bits per heavy atom.